The molecule has 0 spiro atoms. The van der Waals surface area contributed by atoms with E-state index >= 15 is 0 Å². The molecule has 0 radical (unpaired) electrons. The lowest BCUT2D eigenvalue weighted by molar-refractivity contribution is -0.123. The van der Waals surface area contributed by atoms with E-state index in [9.17, 15) is 4.79 Å². The number of ketones is 1. The minimum absolute atomic E-state index is 0.157. The standard InChI is InChI=1S/C15H21NO2/c1-3-12(2)14(17)11-16-8-9-18-15-7-5-4-6-13(15)10-16/h4-7,12H,3,8-11H2,1-2H3. The van der Waals surface area contributed by atoms with E-state index in [4.69, 9.17) is 4.74 Å². The van der Waals surface area contributed by atoms with Gasteiger partial charge in [0.2, 0.25) is 0 Å². The Bertz CT molecular complexity index is 417. The van der Waals surface area contributed by atoms with Crippen molar-refractivity contribution in [3.8, 4) is 5.75 Å². The Balaban J connectivity index is 2.02. The van der Waals surface area contributed by atoms with Gasteiger partial charge in [0, 0.05) is 24.6 Å². The zero-order valence-corrected chi connectivity index (χ0v) is 11.2. The van der Waals surface area contributed by atoms with Gasteiger partial charge in [0.15, 0.2) is 0 Å². The zero-order valence-electron chi connectivity index (χ0n) is 11.2. The van der Waals surface area contributed by atoms with E-state index < -0.39 is 0 Å². The Labute approximate surface area is 109 Å². The lowest BCUT2D eigenvalue weighted by Gasteiger charge is -2.20. The summed E-state index contributed by atoms with van der Waals surface area (Å²) in [6, 6.07) is 8.07. The highest BCUT2D eigenvalue weighted by Crippen LogP contribution is 2.22. The van der Waals surface area contributed by atoms with Crippen LogP contribution in [0.15, 0.2) is 24.3 Å². The average Bonchev–Trinajstić information content (AvgIpc) is 2.59. The largest absolute Gasteiger partial charge is 0.492 e. The molecule has 1 unspecified atom stereocenters. The van der Waals surface area contributed by atoms with Crippen LogP contribution in [0.4, 0.5) is 0 Å². The average molecular weight is 247 g/mol. The number of fused-ring (bicyclic) bond motifs is 1. The van der Waals surface area contributed by atoms with Crippen LogP contribution in [0.1, 0.15) is 25.8 Å². The molecular weight excluding hydrogens is 226 g/mol. The molecule has 1 aromatic rings. The second-order valence-corrected chi connectivity index (χ2v) is 4.94. The molecule has 0 fully saturated rings. The van der Waals surface area contributed by atoms with Crippen molar-refractivity contribution in [2.75, 3.05) is 19.7 Å². The first-order valence-electron chi connectivity index (χ1n) is 6.66. The summed E-state index contributed by atoms with van der Waals surface area (Å²) in [5.74, 6) is 1.44. The second-order valence-electron chi connectivity index (χ2n) is 4.94. The third kappa shape index (κ3) is 3.10. The van der Waals surface area contributed by atoms with Crippen LogP contribution in [0.3, 0.4) is 0 Å². The zero-order chi connectivity index (χ0) is 13.0. The molecule has 3 heteroatoms. The third-order valence-corrected chi connectivity index (χ3v) is 3.57. The van der Waals surface area contributed by atoms with Crippen LogP contribution >= 0.6 is 0 Å². The fourth-order valence-electron chi connectivity index (χ4n) is 2.12. The van der Waals surface area contributed by atoms with E-state index in [1.807, 2.05) is 25.1 Å². The van der Waals surface area contributed by atoms with E-state index in [0.29, 0.717) is 18.9 Å². The van der Waals surface area contributed by atoms with Gasteiger partial charge in [-0.1, -0.05) is 32.0 Å². The predicted octanol–water partition coefficient (Wildman–Crippen LogP) is 2.50. The van der Waals surface area contributed by atoms with Crippen molar-refractivity contribution < 1.29 is 9.53 Å². The van der Waals surface area contributed by atoms with Crippen molar-refractivity contribution >= 4 is 5.78 Å². The minimum atomic E-state index is 0.157. The Morgan fingerprint density at radius 3 is 3.00 bits per heavy atom. The second kappa shape index (κ2) is 6.01. The number of rotatable bonds is 4. The first kappa shape index (κ1) is 13.1. The van der Waals surface area contributed by atoms with Gasteiger partial charge in [0.1, 0.15) is 18.1 Å². The van der Waals surface area contributed by atoms with Crippen LogP contribution in [-0.2, 0) is 11.3 Å². The van der Waals surface area contributed by atoms with Crippen LogP contribution in [0.2, 0.25) is 0 Å². The minimum Gasteiger partial charge on any atom is -0.492 e. The smallest absolute Gasteiger partial charge is 0.149 e. The number of carbonyl (C=O) groups is 1. The number of ether oxygens (including phenoxy) is 1. The van der Waals surface area contributed by atoms with Gasteiger partial charge in [0.05, 0.1) is 6.54 Å². The van der Waals surface area contributed by atoms with Crippen molar-refractivity contribution in [3.63, 3.8) is 0 Å². The first-order valence-corrected chi connectivity index (χ1v) is 6.66. The number of nitrogens with zero attached hydrogens (tertiary/aromatic N) is 1. The number of benzene rings is 1. The van der Waals surface area contributed by atoms with Crippen molar-refractivity contribution in [1.29, 1.82) is 0 Å². The summed E-state index contributed by atoms with van der Waals surface area (Å²) in [6.45, 7) is 6.88. The van der Waals surface area contributed by atoms with Gasteiger partial charge in [0.25, 0.3) is 0 Å². The van der Waals surface area contributed by atoms with E-state index in [0.717, 1.165) is 25.3 Å². The van der Waals surface area contributed by atoms with Crippen LogP contribution in [0.25, 0.3) is 0 Å². The lowest BCUT2D eigenvalue weighted by Crippen LogP contribution is -2.33. The summed E-state index contributed by atoms with van der Waals surface area (Å²) in [5.41, 5.74) is 1.17. The van der Waals surface area contributed by atoms with Gasteiger partial charge in [-0.25, -0.2) is 0 Å². The topological polar surface area (TPSA) is 29.5 Å². The Morgan fingerprint density at radius 2 is 2.22 bits per heavy atom. The molecule has 1 aliphatic rings. The predicted molar refractivity (Wildman–Crippen MR) is 71.7 cm³/mol. The molecule has 18 heavy (non-hydrogen) atoms. The number of Topliss-reactive ketones (excluding diaryl/α,β-unsaturated/α-hetero) is 1. The van der Waals surface area contributed by atoms with Gasteiger partial charge >= 0.3 is 0 Å². The van der Waals surface area contributed by atoms with Crippen molar-refractivity contribution in [3.05, 3.63) is 29.8 Å². The maximum absolute atomic E-state index is 12.0. The highest BCUT2D eigenvalue weighted by molar-refractivity contribution is 5.82. The third-order valence-electron chi connectivity index (χ3n) is 3.57. The molecule has 0 aliphatic carbocycles. The maximum Gasteiger partial charge on any atom is 0.149 e. The van der Waals surface area contributed by atoms with Crippen molar-refractivity contribution in [2.24, 2.45) is 5.92 Å². The van der Waals surface area contributed by atoms with Gasteiger partial charge < -0.3 is 4.74 Å². The molecule has 1 aliphatic heterocycles. The fourth-order valence-corrected chi connectivity index (χ4v) is 2.12. The highest BCUT2D eigenvalue weighted by Gasteiger charge is 2.19. The molecule has 1 aromatic carbocycles. The van der Waals surface area contributed by atoms with Crippen molar-refractivity contribution in [2.45, 2.75) is 26.8 Å². The van der Waals surface area contributed by atoms with E-state index in [-0.39, 0.29) is 5.92 Å². The van der Waals surface area contributed by atoms with Crippen LogP contribution in [-0.4, -0.2) is 30.4 Å². The molecule has 1 atom stereocenters. The normalized spacial score (nSPS) is 17.4. The van der Waals surface area contributed by atoms with Crippen LogP contribution in [0.5, 0.6) is 5.75 Å². The lowest BCUT2D eigenvalue weighted by atomic mass is 10.0. The molecule has 1 heterocycles. The summed E-state index contributed by atoms with van der Waals surface area (Å²) in [6.07, 6.45) is 0.916. The first-order chi connectivity index (χ1) is 8.70. The number of hydrogen-bond donors (Lipinski definition) is 0. The Morgan fingerprint density at radius 1 is 1.44 bits per heavy atom. The molecule has 0 bridgehead atoms. The summed E-state index contributed by atoms with van der Waals surface area (Å²) < 4.78 is 5.69. The monoisotopic (exact) mass is 247 g/mol. The van der Waals surface area contributed by atoms with Crippen LogP contribution in [0, 0.1) is 5.92 Å². The summed E-state index contributed by atoms with van der Waals surface area (Å²) in [7, 11) is 0. The van der Waals surface area contributed by atoms with E-state index in [1.54, 1.807) is 0 Å². The van der Waals surface area contributed by atoms with Crippen molar-refractivity contribution in [1.82, 2.24) is 4.90 Å². The molecule has 2 rings (SSSR count). The van der Waals surface area contributed by atoms with Gasteiger partial charge in [-0.05, 0) is 12.5 Å². The van der Waals surface area contributed by atoms with Crippen LogP contribution < -0.4 is 4.74 Å². The van der Waals surface area contributed by atoms with Gasteiger partial charge in [-0.3, -0.25) is 9.69 Å². The highest BCUT2D eigenvalue weighted by atomic mass is 16.5. The molecule has 0 saturated carbocycles. The summed E-state index contributed by atoms with van der Waals surface area (Å²) in [5, 5.41) is 0. The molecular formula is C15H21NO2. The van der Waals surface area contributed by atoms with E-state index in [1.165, 1.54) is 5.56 Å². The Hall–Kier alpha value is -1.35. The summed E-state index contributed by atoms with van der Waals surface area (Å²) >= 11 is 0. The maximum atomic E-state index is 12.0. The summed E-state index contributed by atoms with van der Waals surface area (Å²) in [4.78, 5) is 14.2. The molecule has 0 saturated heterocycles. The quantitative estimate of drug-likeness (QED) is 0.818. The van der Waals surface area contributed by atoms with E-state index in [2.05, 4.69) is 17.9 Å². The molecule has 0 N–H and O–H groups in total. The Kier molecular flexibility index (Phi) is 4.37. The number of carbonyl (C=O) groups excluding carboxylic acids is 1. The number of para-hydroxylation sites is 1. The molecule has 0 aromatic heterocycles. The SMILES string of the molecule is CCC(C)C(=O)CN1CCOc2ccccc2C1. The molecule has 0 amide bonds. The van der Waals surface area contributed by atoms with Gasteiger partial charge in [-0.15, -0.1) is 0 Å². The number of hydrogen-bond acceptors (Lipinski definition) is 3. The molecule has 3 nitrogen and oxygen atoms in total. The molecule has 98 valence electrons. The van der Waals surface area contributed by atoms with Gasteiger partial charge in [-0.2, -0.15) is 0 Å². The fraction of sp³-hybridized carbons (Fsp3) is 0.533.